The first-order valence-corrected chi connectivity index (χ1v) is 25.1. The molecule has 9 heteroatoms. The first-order valence-electron chi connectivity index (χ1n) is 19.5. The maximum Gasteiger partial charge on any atom is 0.347 e. The number of rotatable bonds is 12. The van der Waals surface area contributed by atoms with E-state index in [9.17, 15) is 9.59 Å². The fourth-order valence-corrected chi connectivity index (χ4v) is 10.7. The van der Waals surface area contributed by atoms with Crippen LogP contribution >= 0.6 is 0 Å². The van der Waals surface area contributed by atoms with Crippen molar-refractivity contribution in [2.24, 2.45) is 34.5 Å². The van der Waals surface area contributed by atoms with E-state index in [-0.39, 0.29) is 52.5 Å². The van der Waals surface area contributed by atoms with E-state index in [1.807, 2.05) is 32.9 Å². The van der Waals surface area contributed by atoms with Crippen LogP contribution in [0.25, 0.3) is 0 Å². The molecule has 51 heavy (non-hydrogen) atoms. The van der Waals surface area contributed by atoms with Crippen LogP contribution in [0.2, 0.25) is 26.2 Å². The number of cyclic esters (lactones) is 1. The zero-order valence-corrected chi connectivity index (χ0v) is 36.4. The lowest BCUT2D eigenvalue weighted by atomic mass is 9.59. The SMILES string of the molecule is CCC(Oc1cc(C)ccc1C)C(=O)O[C@H]1C[C@H](C(C)(C)C)C=C2C=C[C@H](C)[C@](CC[C@@H]3C[C@H](C(C)(C)C)C(O[SiH](C)C)C(=O)O3)(O[SiH](C)C)[C@H]21. The van der Waals surface area contributed by atoms with Gasteiger partial charge in [0.25, 0.3) is 0 Å². The van der Waals surface area contributed by atoms with Crippen molar-refractivity contribution in [3.05, 3.63) is 53.1 Å². The Hall–Kier alpha value is -2.21. The summed E-state index contributed by atoms with van der Waals surface area (Å²) in [6.45, 7) is 30.3. The average Bonchev–Trinajstić information content (AvgIpc) is 3.01. The Morgan fingerprint density at radius 3 is 2.29 bits per heavy atom. The van der Waals surface area contributed by atoms with Gasteiger partial charge in [0, 0.05) is 17.8 Å². The van der Waals surface area contributed by atoms with E-state index in [2.05, 4.69) is 98.9 Å². The zero-order chi connectivity index (χ0) is 38.1. The summed E-state index contributed by atoms with van der Waals surface area (Å²) in [4.78, 5) is 27.7. The first kappa shape index (κ1) is 41.5. The third kappa shape index (κ3) is 9.87. The van der Waals surface area contributed by atoms with Crippen LogP contribution in [-0.2, 0) is 27.9 Å². The summed E-state index contributed by atoms with van der Waals surface area (Å²) in [7, 11) is -3.07. The molecule has 286 valence electrons. The predicted octanol–water partition coefficient (Wildman–Crippen LogP) is 9.05. The van der Waals surface area contributed by atoms with Crippen molar-refractivity contribution < 1.29 is 32.7 Å². The van der Waals surface area contributed by atoms with Crippen molar-refractivity contribution >= 4 is 30.0 Å². The predicted molar refractivity (Wildman–Crippen MR) is 211 cm³/mol. The summed E-state index contributed by atoms with van der Waals surface area (Å²) in [6.07, 6.45) is 8.38. The Labute approximate surface area is 312 Å². The van der Waals surface area contributed by atoms with E-state index in [0.717, 1.165) is 17.5 Å². The highest BCUT2D eigenvalue weighted by molar-refractivity contribution is 6.49. The molecule has 2 unspecified atom stereocenters. The highest BCUT2D eigenvalue weighted by atomic mass is 28.3. The molecule has 3 aliphatic rings. The van der Waals surface area contributed by atoms with Crippen molar-refractivity contribution in [1.82, 2.24) is 0 Å². The molecule has 1 heterocycles. The van der Waals surface area contributed by atoms with Crippen LogP contribution in [0, 0.1) is 48.3 Å². The summed E-state index contributed by atoms with van der Waals surface area (Å²) in [5, 5.41) is 0. The quantitative estimate of drug-likeness (QED) is 0.156. The second-order valence-corrected chi connectivity index (χ2v) is 23.0. The summed E-state index contributed by atoms with van der Waals surface area (Å²) in [5.41, 5.74) is 2.50. The van der Waals surface area contributed by atoms with Crippen molar-refractivity contribution in [1.29, 1.82) is 0 Å². The average molecular weight is 741 g/mol. The summed E-state index contributed by atoms with van der Waals surface area (Å²) in [5.74, 6) is 0.334. The molecule has 0 radical (unpaired) electrons. The number of benzene rings is 1. The Balaban J connectivity index is 1.70. The third-order valence-electron chi connectivity index (χ3n) is 11.4. The Morgan fingerprint density at radius 1 is 1.02 bits per heavy atom. The molecular weight excluding hydrogens is 673 g/mol. The maximum atomic E-state index is 14.2. The lowest BCUT2D eigenvalue weighted by molar-refractivity contribution is -0.180. The molecule has 0 spiro atoms. The van der Waals surface area contributed by atoms with E-state index in [1.54, 1.807) is 0 Å². The van der Waals surface area contributed by atoms with E-state index in [0.29, 0.717) is 31.4 Å². The summed E-state index contributed by atoms with van der Waals surface area (Å²) >= 11 is 0. The topological polar surface area (TPSA) is 80.3 Å². The Morgan fingerprint density at radius 2 is 1.71 bits per heavy atom. The summed E-state index contributed by atoms with van der Waals surface area (Å²) < 4.78 is 32.8. The Kier molecular flexibility index (Phi) is 13.4. The van der Waals surface area contributed by atoms with Gasteiger partial charge in [0.2, 0.25) is 0 Å². The van der Waals surface area contributed by atoms with Gasteiger partial charge in [-0.2, -0.15) is 0 Å². The van der Waals surface area contributed by atoms with Gasteiger partial charge in [-0.05, 0) is 112 Å². The largest absolute Gasteiger partial charge is 0.478 e. The molecule has 1 aliphatic heterocycles. The van der Waals surface area contributed by atoms with Gasteiger partial charge in [0.1, 0.15) is 24.1 Å². The molecule has 9 atom stereocenters. The van der Waals surface area contributed by atoms with Crippen LogP contribution in [0.4, 0.5) is 0 Å². The molecule has 0 saturated carbocycles. The van der Waals surface area contributed by atoms with Crippen LogP contribution in [0.15, 0.2) is 42.0 Å². The number of fused-ring (bicyclic) bond motifs is 1. The van der Waals surface area contributed by atoms with Gasteiger partial charge < -0.3 is 23.1 Å². The second kappa shape index (κ2) is 16.4. The van der Waals surface area contributed by atoms with E-state index in [4.69, 9.17) is 23.1 Å². The van der Waals surface area contributed by atoms with Crippen molar-refractivity contribution in [2.45, 2.75) is 158 Å². The molecule has 1 fully saturated rings. The van der Waals surface area contributed by atoms with Crippen molar-refractivity contribution in [2.75, 3.05) is 0 Å². The van der Waals surface area contributed by atoms with Gasteiger partial charge in [0.15, 0.2) is 24.2 Å². The molecule has 1 aromatic rings. The number of hydrogen-bond donors (Lipinski definition) is 0. The molecule has 0 aromatic heterocycles. The molecule has 0 amide bonds. The lowest BCUT2D eigenvalue weighted by Gasteiger charge is -2.54. The fraction of sp³-hybridized carbons (Fsp3) is 0.714. The highest BCUT2D eigenvalue weighted by Crippen LogP contribution is 2.53. The minimum absolute atomic E-state index is 0.0229. The lowest BCUT2D eigenvalue weighted by Crippen LogP contribution is -2.58. The van der Waals surface area contributed by atoms with Crippen LogP contribution in [0.1, 0.15) is 98.6 Å². The first-order chi connectivity index (χ1) is 23.7. The Bertz CT molecular complexity index is 1440. The van der Waals surface area contributed by atoms with Crippen LogP contribution in [-0.4, -0.2) is 60.0 Å². The van der Waals surface area contributed by atoms with E-state index >= 15 is 0 Å². The number of esters is 2. The van der Waals surface area contributed by atoms with Gasteiger partial charge in [-0.15, -0.1) is 0 Å². The van der Waals surface area contributed by atoms with Gasteiger partial charge >= 0.3 is 11.9 Å². The van der Waals surface area contributed by atoms with Crippen molar-refractivity contribution in [3.8, 4) is 5.75 Å². The third-order valence-corrected chi connectivity index (χ3v) is 13.1. The van der Waals surface area contributed by atoms with Crippen LogP contribution < -0.4 is 4.74 Å². The molecular formula is C42H68O7Si2. The minimum atomic E-state index is -1.61. The molecule has 2 aliphatic carbocycles. The van der Waals surface area contributed by atoms with E-state index in [1.165, 1.54) is 5.57 Å². The van der Waals surface area contributed by atoms with Gasteiger partial charge in [0.05, 0.1) is 5.60 Å². The molecule has 0 N–H and O–H groups in total. The highest BCUT2D eigenvalue weighted by Gasteiger charge is 2.55. The van der Waals surface area contributed by atoms with Crippen LogP contribution in [0.3, 0.4) is 0 Å². The monoisotopic (exact) mass is 740 g/mol. The van der Waals surface area contributed by atoms with Gasteiger partial charge in [-0.3, -0.25) is 0 Å². The number of carbonyl (C=O) groups excluding carboxylic acids is 2. The number of aryl methyl sites for hydroxylation is 2. The van der Waals surface area contributed by atoms with Gasteiger partial charge in [-0.1, -0.05) is 85.8 Å². The zero-order valence-electron chi connectivity index (χ0n) is 34.1. The standard InChI is InChI=1S/C42H68O7Si2/c1-15-33(46-34-22-26(2)16-17-27(34)3)38(43)47-35-24-30(40(5,6)7)23-29-19-18-28(4)42(36(29)35,49-51(13)14)21-20-31-25-32(41(8,9)10)37(39(44)45-31)48-50(11)12/h16-19,22-23,28,30-33,35-37,50-51H,15,20-21,24-25H2,1-14H3/t28-,30+,31+,32-,33?,35-,36+,37?,42-/m0/s1. The second-order valence-electron chi connectivity index (χ2n) is 18.3. The van der Waals surface area contributed by atoms with Gasteiger partial charge in [-0.25, -0.2) is 9.59 Å². The molecule has 7 nitrogen and oxygen atoms in total. The molecule has 1 aromatic carbocycles. The molecule has 4 rings (SSSR count). The number of allylic oxidation sites excluding steroid dienone is 2. The van der Waals surface area contributed by atoms with E-state index < -0.39 is 42.0 Å². The van der Waals surface area contributed by atoms with Crippen LogP contribution in [0.5, 0.6) is 5.75 Å². The number of carbonyl (C=O) groups is 2. The maximum absolute atomic E-state index is 14.2. The normalized spacial score (nSPS) is 30.5. The number of hydrogen-bond acceptors (Lipinski definition) is 7. The minimum Gasteiger partial charge on any atom is -0.478 e. The smallest absolute Gasteiger partial charge is 0.347 e. The number of ether oxygens (including phenoxy) is 3. The molecule has 0 bridgehead atoms. The molecule has 1 saturated heterocycles. The van der Waals surface area contributed by atoms with Crippen molar-refractivity contribution in [3.63, 3.8) is 0 Å². The summed E-state index contributed by atoms with van der Waals surface area (Å²) in [6, 6.07) is 6.07. The fourth-order valence-electron chi connectivity index (χ4n) is 8.42.